The number of hydrogen-bond donors (Lipinski definition) is 0. The van der Waals surface area contributed by atoms with E-state index in [1.54, 1.807) is 12.1 Å². The Bertz CT molecular complexity index is 688. The maximum atomic E-state index is 13.2. The van der Waals surface area contributed by atoms with Gasteiger partial charge in [0.2, 0.25) is 5.91 Å². The third kappa shape index (κ3) is 3.14. The van der Waals surface area contributed by atoms with E-state index in [1.165, 1.54) is 12.1 Å². The number of likely N-dealkylation sites (tertiary alicyclic amines) is 1. The largest absolute Gasteiger partial charge is 0.335 e. The summed E-state index contributed by atoms with van der Waals surface area (Å²) in [6.45, 7) is 0.726. The molecule has 2 aromatic rings. The molecule has 1 unspecified atom stereocenters. The lowest BCUT2D eigenvalue weighted by atomic mass is 10.0. The Hall–Kier alpha value is -1.87. The van der Waals surface area contributed by atoms with Crippen LogP contribution in [0.4, 0.5) is 4.39 Å². The zero-order valence-corrected chi connectivity index (χ0v) is 12.9. The summed E-state index contributed by atoms with van der Waals surface area (Å²) >= 11 is 6.27. The van der Waals surface area contributed by atoms with Crippen molar-refractivity contribution in [1.29, 1.82) is 0 Å². The highest BCUT2D eigenvalue weighted by atomic mass is 35.5. The Morgan fingerprint density at radius 1 is 1.23 bits per heavy atom. The van der Waals surface area contributed by atoms with E-state index in [0.29, 0.717) is 10.6 Å². The average molecular weight is 318 g/mol. The number of nitrogens with zero attached hydrogens (tertiary/aromatic N) is 1. The molecule has 1 fully saturated rings. The Morgan fingerprint density at radius 3 is 2.82 bits per heavy atom. The van der Waals surface area contributed by atoms with Gasteiger partial charge in [0.05, 0.1) is 12.5 Å². The molecule has 1 atom stereocenters. The smallest absolute Gasteiger partial charge is 0.227 e. The maximum Gasteiger partial charge on any atom is 0.227 e. The summed E-state index contributed by atoms with van der Waals surface area (Å²) in [4.78, 5) is 14.4. The van der Waals surface area contributed by atoms with Gasteiger partial charge in [0, 0.05) is 11.6 Å². The molecule has 1 amide bonds. The Morgan fingerprint density at radius 2 is 2.05 bits per heavy atom. The predicted molar refractivity (Wildman–Crippen MR) is 85.2 cm³/mol. The molecule has 0 aromatic heterocycles. The Labute approximate surface area is 134 Å². The molecule has 0 radical (unpaired) electrons. The number of amides is 1. The van der Waals surface area contributed by atoms with Crippen molar-refractivity contribution in [3.05, 3.63) is 70.5 Å². The summed E-state index contributed by atoms with van der Waals surface area (Å²) in [6.07, 6.45) is 2.10. The number of halogens is 2. The first-order valence-electron chi connectivity index (χ1n) is 7.43. The summed E-state index contributed by atoms with van der Waals surface area (Å²) in [5, 5.41) is 0.693. The van der Waals surface area contributed by atoms with Crippen LogP contribution in [0.2, 0.25) is 5.02 Å². The number of rotatable bonds is 3. The van der Waals surface area contributed by atoms with Gasteiger partial charge in [0.15, 0.2) is 0 Å². The van der Waals surface area contributed by atoms with Crippen LogP contribution in [0, 0.1) is 5.82 Å². The summed E-state index contributed by atoms with van der Waals surface area (Å²) < 4.78 is 13.2. The highest BCUT2D eigenvalue weighted by Crippen LogP contribution is 2.35. The fraction of sp³-hybridized carbons (Fsp3) is 0.278. The second-order valence-corrected chi connectivity index (χ2v) is 5.98. The first kappa shape index (κ1) is 15.0. The number of carbonyl (C=O) groups excluding carboxylic acids is 1. The molecule has 1 aliphatic rings. The van der Waals surface area contributed by atoms with Crippen LogP contribution in [0.3, 0.4) is 0 Å². The van der Waals surface area contributed by atoms with Gasteiger partial charge in [0.25, 0.3) is 0 Å². The molecule has 2 nitrogen and oxygen atoms in total. The first-order valence-corrected chi connectivity index (χ1v) is 7.81. The summed E-state index contributed by atoms with van der Waals surface area (Å²) in [5.41, 5.74) is 1.70. The van der Waals surface area contributed by atoms with Crippen LogP contribution in [-0.4, -0.2) is 17.4 Å². The number of hydrogen-bond acceptors (Lipinski definition) is 1. The van der Waals surface area contributed by atoms with Gasteiger partial charge in [-0.25, -0.2) is 4.39 Å². The van der Waals surface area contributed by atoms with Gasteiger partial charge < -0.3 is 4.90 Å². The van der Waals surface area contributed by atoms with Gasteiger partial charge in [-0.2, -0.15) is 0 Å². The van der Waals surface area contributed by atoms with Crippen LogP contribution < -0.4 is 0 Å². The molecular weight excluding hydrogens is 301 g/mol. The van der Waals surface area contributed by atoms with E-state index in [0.717, 1.165) is 24.9 Å². The van der Waals surface area contributed by atoms with Gasteiger partial charge >= 0.3 is 0 Å². The highest BCUT2D eigenvalue weighted by molar-refractivity contribution is 6.31. The topological polar surface area (TPSA) is 20.3 Å². The van der Waals surface area contributed by atoms with E-state index >= 15 is 0 Å². The van der Waals surface area contributed by atoms with Crippen LogP contribution >= 0.6 is 11.6 Å². The molecule has 114 valence electrons. The zero-order chi connectivity index (χ0) is 15.5. The quantitative estimate of drug-likeness (QED) is 0.822. The van der Waals surface area contributed by atoms with Crippen molar-refractivity contribution in [3.8, 4) is 0 Å². The molecular formula is C18H17ClFNO. The fourth-order valence-electron chi connectivity index (χ4n) is 3.06. The highest BCUT2D eigenvalue weighted by Gasteiger charge is 2.30. The molecule has 4 heteroatoms. The summed E-state index contributed by atoms with van der Waals surface area (Å²) in [6, 6.07) is 13.9. The number of benzene rings is 2. The zero-order valence-electron chi connectivity index (χ0n) is 12.1. The van der Waals surface area contributed by atoms with Gasteiger partial charge in [-0.1, -0.05) is 41.9 Å². The molecule has 0 bridgehead atoms. The second kappa shape index (κ2) is 6.49. The van der Waals surface area contributed by atoms with Crippen molar-refractivity contribution in [1.82, 2.24) is 4.90 Å². The van der Waals surface area contributed by atoms with Crippen molar-refractivity contribution in [2.75, 3.05) is 6.54 Å². The summed E-state index contributed by atoms with van der Waals surface area (Å²) in [5.74, 6) is -0.289. The van der Waals surface area contributed by atoms with Crippen molar-refractivity contribution in [2.45, 2.75) is 25.3 Å². The van der Waals surface area contributed by atoms with Crippen molar-refractivity contribution in [3.63, 3.8) is 0 Å². The van der Waals surface area contributed by atoms with Crippen LogP contribution in [0.5, 0.6) is 0 Å². The van der Waals surface area contributed by atoms with Crippen molar-refractivity contribution in [2.24, 2.45) is 0 Å². The number of carbonyl (C=O) groups is 1. The van der Waals surface area contributed by atoms with Crippen molar-refractivity contribution < 1.29 is 9.18 Å². The first-order chi connectivity index (χ1) is 10.6. The molecule has 22 heavy (non-hydrogen) atoms. The van der Waals surface area contributed by atoms with Crippen LogP contribution in [0.15, 0.2) is 48.5 Å². The molecule has 0 N–H and O–H groups in total. The molecule has 0 spiro atoms. The fourth-order valence-corrected chi connectivity index (χ4v) is 3.32. The molecule has 1 saturated heterocycles. The Balaban J connectivity index is 1.78. The van der Waals surface area contributed by atoms with Gasteiger partial charge in [-0.15, -0.1) is 0 Å². The van der Waals surface area contributed by atoms with E-state index in [4.69, 9.17) is 11.6 Å². The van der Waals surface area contributed by atoms with E-state index in [2.05, 4.69) is 0 Å². The molecule has 1 heterocycles. The maximum absolute atomic E-state index is 13.2. The van der Waals surface area contributed by atoms with E-state index in [9.17, 15) is 9.18 Å². The Kier molecular flexibility index (Phi) is 4.44. The standard InChI is InChI=1S/C18H17ClFNO/c19-16-8-2-1-7-15(16)17-9-4-10-21(17)18(22)12-13-5-3-6-14(20)11-13/h1-3,5-8,11,17H,4,9-10,12H2. The lowest BCUT2D eigenvalue weighted by molar-refractivity contribution is -0.131. The van der Waals surface area contributed by atoms with Crippen LogP contribution in [0.1, 0.15) is 30.0 Å². The van der Waals surface area contributed by atoms with E-state index < -0.39 is 0 Å². The molecule has 3 rings (SSSR count). The predicted octanol–water partition coefficient (Wildman–Crippen LogP) is 4.39. The SMILES string of the molecule is O=C(Cc1cccc(F)c1)N1CCCC1c1ccccc1Cl. The van der Waals surface area contributed by atoms with Crippen LogP contribution in [-0.2, 0) is 11.2 Å². The average Bonchev–Trinajstić information content (AvgIpc) is 2.97. The molecule has 2 aromatic carbocycles. The van der Waals surface area contributed by atoms with Crippen molar-refractivity contribution >= 4 is 17.5 Å². The normalized spacial score (nSPS) is 17.7. The lowest BCUT2D eigenvalue weighted by Gasteiger charge is -2.26. The lowest BCUT2D eigenvalue weighted by Crippen LogP contribution is -2.32. The van der Waals surface area contributed by atoms with Gasteiger partial charge in [-0.3, -0.25) is 4.79 Å². The molecule has 0 saturated carbocycles. The third-order valence-electron chi connectivity index (χ3n) is 4.08. The minimum absolute atomic E-state index is 0.0213. The van der Waals surface area contributed by atoms with E-state index in [1.807, 2.05) is 29.2 Å². The second-order valence-electron chi connectivity index (χ2n) is 5.57. The summed E-state index contributed by atoms with van der Waals surface area (Å²) in [7, 11) is 0. The van der Waals surface area contributed by atoms with Gasteiger partial charge in [0.1, 0.15) is 5.82 Å². The van der Waals surface area contributed by atoms with Gasteiger partial charge in [-0.05, 0) is 42.2 Å². The third-order valence-corrected chi connectivity index (χ3v) is 4.43. The van der Waals surface area contributed by atoms with Crippen LogP contribution in [0.25, 0.3) is 0 Å². The monoisotopic (exact) mass is 317 g/mol. The minimum Gasteiger partial charge on any atom is -0.335 e. The molecule has 1 aliphatic heterocycles. The molecule has 0 aliphatic carbocycles. The minimum atomic E-state index is -0.311. The van der Waals surface area contributed by atoms with E-state index in [-0.39, 0.29) is 24.2 Å².